The maximum Gasteiger partial charge on any atom is 0.264 e. The molecule has 170 valence electrons. The fourth-order valence-corrected chi connectivity index (χ4v) is 5.84. The lowest BCUT2D eigenvalue weighted by molar-refractivity contribution is -0.119. The van der Waals surface area contributed by atoms with E-state index in [4.69, 9.17) is 0 Å². The number of amides is 2. The molecule has 0 radical (unpaired) electrons. The van der Waals surface area contributed by atoms with Crippen molar-refractivity contribution in [2.75, 3.05) is 11.9 Å². The van der Waals surface area contributed by atoms with Crippen LogP contribution in [-0.2, 0) is 14.8 Å². The van der Waals surface area contributed by atoms with Crippen molar-refractivity contribution >= 4 is 27.5 Å². The van der Waals surface area contributed by atoms with Crippen molar-refractivity contribution in [1.82, 2.24) is 10.0 Å². The van der Waals surface area contributed by atoms with E-state index >= 15 is 0 Å². The molecule has 7 nitrogen and oxygen atoms in total. The number of anilines is 1. The van der Waals surface area contributed by atoms with Gasteiger partial charge in [0.05, 0.1) is 10.9 Å². The molecule has 3 N–H and O–H groups in total. The lowest BCUT2D eigenvalue weighted by atomic mass is 9.76. The normalized spacial score (nSPS) is 21.8. The second-order valence-electron chi connectivity index (χ2n) is 8.60. The number of benzene rings is 2. The first-order valence-electron chi connectivity index (χ1n) is 11.2. The molecule has 4 rings (SSSR count). The van der Waals surface area contributed by atoms with Gasteiger partial charge >= 0.3 is 0 Å². The Morgan fingerprint density at radius 2 is 1.56 bits per heavy atom. The smallest absolute Gasteiger partial charge is 0.264 e. The molecule has 2 aromatic rings. The summed E-state index contributed by atoms with van der Waals surface area (Å²) in [5.41, 5.74) is 0.773. The van der Waals surface area contributed by atoms with Crippen LogP contribution >= 0.6 is 0 Å². The Labute approximate surface area is 189 Å². The maximum absolute atomic E-state index is 12.9. The Morgan fingerprint density at radius 3 is 2.25 bits per heavy atom. The van der Waals surface area contributed by atoms with Crippen molar-refractivity contribution < 1.29 is 18.0 Å². The van der Waals surface area contributed by atoms with Gasteiger partial charge in [-0.25, -0.2) is 13.1 Å². The van der Waals surface area contributed by atoms with E-state index in [9.17, 15) is 18.0 Å². The third-order valence-electron chi connectivity index (χ3n) is 6.50. The second kappa shape index (κ2) is 9.83. The summed E-state index contributed by atoms with van der Waals surface area (Å²) < 4.78 is 26.8. The van der Waals surface area contributed by atoms with Gasteiger partial charge in [-0.15, -0.1) is 0 Å². The zero-order valence-electron chi connectivity index (χ0n) is 17.9. The first-order chi connectivity index (χ1) is 15.4. The van der Waals surface area contributed by atoms with Crippen molar-refractivity contribution in [2.24, 2.45) is 11.8 Å². The van der Waals surface area contributed by atoms with Gasteiger partial charge in [0, 0.05) is 11.3 Å². The quantitative estimate of drug-likeness (QED) is 0.620. The highest BCUT2D eigenvalue weighted by Crippen LogP contribution is 2.36. The molecule has 8 heteroatoms. The van der Waals surface area contributed by atoms with Gasteiger partial charge < -0.3 is 10.6 Å². The van der Waals surface area contributed by atoms with Crippen molar-refractivity contribution in [2.45, 2.75) is 49.5 Å². The first kappa shape index (κ1) is 22.5. The lowest BCUT2D eigenvalue weighted by Gasteiger charge is -2.30. The second-order valence-corrected chi connectivity index (χ2v) is 10.3. The predicted octanol–water partition coefficient (Wildman–Crippen LogP) is 3.30. The Morgan fingerprint density at radius 1 is 0.875 bits per heavy atom. The molecule has 2 aromatic carbocycles. The summed E-state index contributed by atoms with van der Waals surface area (Å²) >= 11 is 0. The average Bonchev–Trinajstić information content (AvgIpc) is 3.31. The lowest BCUT2D eigenvalue weighted by Crippen LogP contribution is -2.42. The van der Waals surface area contributed by atoms with Gasteiger partial charge in [0.25, 0.3) is 15.9 Å². The molecule has 1 saturated carbocycles. The van der Waals surface area contributed by atoms with Crippen molar-refractivity contribution in [1.29, 1.82) is 0 Å². The van der Waals surface area contributed by atoms with E-state index in [-0.39, 0.29) is 22.4 Å². The SMILES string of the molecule is O=C(NS(=O)(=O)c1ccccc1)c1ccc(NC(=O)[C@H]2NCC[C@H]2C2CCCCC2)cc1. The third kappa shape index (κ3) is 5.19. The standard InChI is InChI=1S/C24H29N3O4S/c28-23(27-32(30,31)20-9-5-2-6-10-20)18-11-13-19(14-12-18)26-24(29)22-21(15-16-25-22)17-7-3-1-4-8-17/h2,5-6,9-14,17,21-22,25H,1,3-4,7-8,15-16H2,(H,26,29)(H,27,28)/t21-,22-/m0/s1. The summed E-state index contributed by atoms with van der Waals surface area (Å²) in [6.07, 6.45) is 7.22. The van der Waals surface area contributed by atoms with Crippen LogP contribution in [0.2, 0.25) is 0 Å². The summed E-state index contributed by atoms with van der Waals surface area (Å²) in [6, 6.07) is 13.8. The fraction of sp³-hybridized carbons (Fsp3) is 0.417. The fourth-order valence-electron chi connectivity index (χ4n) is 4.85. The highest BCUT2D eigenvalue weighted by atomic mass is 32.2. The van der Waals surface area contributed by atoms with E-state index in [1.54, 1.807) is 30.3 Å². The highest BCUT2D eigenvalue weighted by molar-refractivity contribution is 7.90. The van der Waals surface area contributed by atoms with Gasteiger partial charge in [-0.3, -0.25) is 9.59 Å². The largest absolute Gasteiger partial charge is 0.325 e. The Hall–Kier alpha value is -2.71. The van der Waals surface area contributed by atoms with Crippen molar-refractivity contribution in [3.05, 3.63) is 60.2 Å². The van der Waals surface area contributed by atoms with Gasteiger partial charge in [-0.2, -0.15) is 0 Å². The number of hydrogen-bond donors (Lipinski definition) is 3. The Balaban J connectivity index is 1.37. The molecule has 2 amide bonds. The van der Waals surface area contributed by atoms with E-state index < -0.39 is 15.9 Å². The first-order valence-corrected chi connectivity index (χ1v) is 12.7. The van der Waals surface area contributed by atoms with Crippen LogP contribution in [0.3, 0.4) is 0 Å². The van der Waals surface area contributed by atoms with Crippen LogP contribution in [0.4, 0.5) is 5.69 Å². The van der Waals surface area contributed by atoms with Gasteiger partial charge in [0.2, 0.25) is 5.91 Å². The predicted molar refractivity (Wildman–Crippen MR) is 123 cm³/mol. The van der Waals surface area contributed by atoms with Gasteiger partial charge in [-0.1, -0.05) is 50.3 Å². The molecule has 2 atom stereocenters. The molecule has 1 heterocycles. The van der Waals surface area contributed by atoms with E-state index in [0.717, 1.165) is 13.0 Å². The minimum absolute atomic E-state index is 0.0221. The number of carbonyl (C=O) groups excluding carboxylic acids is 2. The molecule has 2 aliphatic rings. The zero-order valence-corrected chi connectivity index (χ0v) is 18.7. The topological polar surface area (TPSA) is 104 Å². The molecule has 0 bridgehead atoms. The van der Waals surface area contributed by atoms with Crippen LogP contribution in [0, 0.1) is 11.8 Å². The highest BCUT2D eigenvalue weighted by Gasteiger charge is 2.38. The van der Waals surface area contributed by atoms with Gasteiger partial charge in [-0.05, 0) is 61.2 Å². The van der Waals surface area contributed by atoms with E-state index in [1.807, 2.05) is 0 Å². The zero-order chi connectivity index (χ0) is 22.6. The minimum Gasteiger partial charge on any atom is -0.325 e. The molecule has 0 spiro atoms. The average molecular weight is 456 g/mol. The van der Waals surface area contributed by atoms with Crippen LogP contribution in [0.15, 0.2) is 59.5 Å². The minimum atomic E-state index is -3.94. The third-order valence-corrected chi connectivity index (χ3v) is 7.85. The van der Waals surface area contributed by atoms with E-state index in [2.05, 4.69) is 15.4 Å². The van der Waals surface area contributed by atoms with Gasteiger partial charge in [0.15, 0.2) is 0 Å². The number of carbonyl (C=O) groups is 2. The van der Waals surface area contributed by atoms with E-state index in [1.165, 1.54) is 56.4 Å². The molecule has 0 aromatic heterocycles. The molecular weight excluding hydrogens is 426 g/mol. The monoisotopic (exact) mass is 455 g/mol. The number of nitrogens with one attached hydrogen (secondary N) is 3. The van der Waals surface area contributed by atoms with E-state index in [0.29, 0.717) is 17.5 Å². The van der Waals surface area contributed by atoms with Crippen molar-refractivity contribution in [3.63, 3.8) is 0 Å². The molecular formula is C24H29N3O4S. The van der Waals surface area contributed by atoms with Crippen LogP contribution < -0.4 is 15.4 Å². The number of sulfonamides is 1. The maximum atomic E-state index is 12.9. The molecule has 1 aliphatic heterocycles. The summed E-state index contributed by atoms with van der Waals surface area (Å²) in [5.74, 6) is 0.194. The Bertz CT molecular complexity index is 1050. The number of rotatable bonds is 6. The van der Waals surface area contributed by atoms with Crippen LogP contribution in [0.25, 0.3) is 0 Å². The summed E-state index contributed by atoms with van der Waals surface area (Å²) in [5, 5.41) is 6.29. The number of hydrogen-bond acceptors (Lipinski definition) is 5. The summed E-state index contributed by atoms with van der Waals surface area (Å²) in [6.45, 7) is 0.855. The molecule has 32 heavy (non-hydrogen) atoms. The molecule has 0 unspecified atom stereocenters. The molecule has 1 saturated heterocycles. The Kier molecular flexibility index (Phi) is 6.91. The van der Waals surface area contributed by atoms with Gasteiger partial charge in [0.1, 0.15) is 0 Å². The van der Waals surface area contributed by atoms with Crippen LogP contribution in [0.5, 0.6) is 0 Å². The molecule has 1 aliphatic carbocycles. The summed E-state index contributed by atoms with van der Waals surface area (Å²) in [4.78, 5) is 25.3. The van der Waals surface area contributed by atoms with Crippen LogP contribution in [-0.4, -0.2) is 32.8 Å². The van der Waals surface area contributed by atoms with Crippen LogP contribution in [0.1, 0.15) is 48.9 Å². The molecule has 2 fully saturated rings. The van der Waals surface area contributed by atoms with Crippen molar-refractivity contribution in [3.8, 4) is 0 Å². The summed E-state index contributed by atoms with van der Waals surface area (Å²) in [7, 11) is -3.94.